The highest BCUT2D eigenvalue weighted by atomic mass is 32.2. The first-order chi connectivity index (χ1) is 41.4. The number of ether oxygens (including phenoxy) is 4. The van der Waals surface area contributed by atoms with Crippen molar-refractivity contribution in [3.05, 3.63) is 118 Å². The predicted octanol–water partition coefficient (Wildman–Crippen LogP) is 8.59. The summed E-state index contributed by atoms with van der Waals surface area (Å²) in [6, 6.07) is 19.2. The van der Waals surface area contributed by atoms with Crippen LogP contribution in [0, 0.1) is 30.9 Å². The Labute approximate surface area is 496 Å². The standard InChI is InChI=1S/C63H68F2N10O10S/c1-7-19-75(33-41-24-38(10-9-36(41)3)48(30-56(78)79)40-26-52-61(54(27-40)82-6)72(5)71-70-52)86(80,81)55-16-14-46(29-53(55)77)84-23-22-83-45-17-20-73(21-18-45)32-37(4)85-63-68-60-50(62(69-63)74-34-42-12-13-43(35-74)67-42)31-66-59(58(60)65)49-28-44(76)25-39-11-15-51(64)47(8-2)57(39)49/h2,9-11,14-16,24-29,31,37,42-43,45,48,67,76-77H,7,12-13,17-23,30,32-35H2,1,3-6H3,(H,78,79)/t37?,42-,43+,48?. The van der Waals surface area contributed by atoms with Gasteiger partial charge in [0.05, 0.1) is 37.2 Å². The number of phenols is 2. The third kappa shape index (κ3) is 12.3. The summed E-state index contributed by atoms with van der Waals surface area (Å²) in [5, 5.41) is 45.0. The molecular formula is C63H68F2N10O10S. The van der Waals surface area contributed by atoms with E-state index in [9.17, 15) is 28.5 Å². The number of hydrogen-bond donors (Lipinski definition) is 4. The Hall–Kier alpha value is -8.27. The molecular weight excluding hydrogens is 1130 g/mol. The molecule has 8 aromatic rings. The number of pyridine rings is 1. The summed E-state index contributed by atoms with van der Waals surface area (Å²) in [6.45, 7) is 9.39. The van der Waals surface area contributed by atoms with E-state index in [0.29, 0.717) is 89.2 Å². The quantitative estimate of drug-likeness (QED) is 0.0367. The van der Waals surface area contributed by atoms with Crippen LogP contribution < -0.4 is 24.4 Å². The molecule has 2 unspecified atom stereocenters. The molecule has 450 valence electrons. The van der Waals surface area contributed by atoms with Crippen molar-refractivity contribution in [2.24, 2.45) is 7.05 Å². The van der Waals surface area contributed by atoms with Crippen LogP contribution in [-0.2, 0) is 33.1 Å². The van der Waals surface area contributed by atoms with Gasteiger partial charge in [0.1, 0.15) is 74.5 Å². The zero-order valence-electron chi connectivity index (χ0n) is 48.5. The van der Waals surface area contributed by atoms with Crippen LogP contribution >= 0.6 is 0 Å². The van der Waals surface area contributed by atoms with Crippen LogP contribution in [0.5, 0.6) is 29.0 Å². The molecule has 20 nitrogen and oxygen atoms in total. The van der Waals surface area contributed by atoms with Crippen molar-refractivity contribution in [2.45, 2.75) is 101 Å². The first kappa shape index (κ1) is 59.5. The van der Waals surface area contributed by atoms with Gasteiger partial charge in [-0.2, -0.15) is 14.3 Å². The number of fused-ring (bicyclic) bond motifs is 5. The second kappa shape index (κ2) is 25.0. The number of aryl methyl sites for hydroxylation is 2. The van der Waals surface area contributed by atoms with Crippen molar-refractivity contribution in [1.82, 2.24) is 44.5 Å². The number of benzene rings is 5. The minimum Gasteiger partial charge on any atom is -0.508 e. The van der Waals surface area contributed by atoms with E-state index in [1.54, 1.807) is 23.9 Å². The van der Waals surface area contributed by atoms with E-state index in [0.717, 1.165) is 31.2 Å². The van der Waals surface area contributed by atoms with Crippen LogP contribution in [0.2, 0.25) is 0 Å². The average molecular weight is 1200 g/mol. The van der Waals surface area contributed by atoms with E-state index < -0.39 is 45.4 Å². The second-order valence-corrected chi connectivity index (χ2v) is 24.4. The van der Waals surface area contributed by atoms with E-state index in [2.05, 4.69) is 41.3 Å². The van der Waals surface area contributed by atoms with E-state index >= 15 is 8.78 Å². The topological polar surface area (TPSA) is 240 Å². The number of nitrogens with zero attached hydrogens (tertiary/aromatic N) is 9. The van der Waals surface area contributed by atoms with Crippen LogP contribution in [0.4, 0.5) is 14.6 Å². The summed E-state index contributed by atoms with van der Waals surface area (Å²) in [5.74, 6) is -0.0841. The highest BCUT2D eigenvalue weighted by Crippen LogP contribution is 2.41. The highest BCUT2D eigenvalue weighted by Gasteiger charge is 2.35. The lowest BCUT2D eigenvalue weighted by Gasteiger charge is -2.34. The van der Waals surface area contributed by atoms with Gasteiger partial charge in [0.25, 0.3) is 0 Å². The number of rotatable bonds is 22. The Morgan fingerprint density at radius 3 is 2.47 bits per heavy atom. The Kier molecular flexibility index (Phi) is 17.3. The Morgan fingerprint density at radius 2 is 1.74 bits per heavy atom. The number of nitrogens with one attached hydrogen (secondary N) is 1. The molecule has 0 aliphatic carbocycles. The van der Waals surface area contributed by atoms with Gasteiger partial charge < -0.3 is 44.5 Å². The van der Waals surface area contributed by atoms with E-state index in [4.69, 9.17) is 30.4 Å². The van der Waals surface area contributed by atoms with Gasteiger partial charge in [-0.05, 0) is 116 Å². The number of terminal acetylenes is 1. The molecule has 4 N–H and O–H groups in total. The fraction of sp³-hybridized carbons (Fsp3) is 0.397. The summed E-state index contributed by atoms with van der Waals surface area (Å²) in [5.41, 5.74) is 3.87. The third-order valence-electron chi connectivity index (χ3n) is 16.5. The maximum absolute atomic E-state index is 17.1. The number of carboxylic acid groups (broad SMARTS) is 1. The molecule has 0 amide bonds. The minimum atomic E-state index is -4.25. The van der Waals surface area contributed by atoms with Crippen molar-refractivity contribution in [2.75, 3.05) is 64.5 Å². The molecule has 3 fully saturated rings. The van der Waals surface area contributed by atoms with Crippen molar-refractivity contribution >= 4 is 54.5 Å². The molecule has 3 aliphatic heterocycles. The zero-order valence-corrected chi connectivity index (χ0v) is 49.3. The molecule has 86 heavy (non-hydrogen) atoms. The number of carboxylic acids is 1. The van der Waals surface area contributed by atoms with Crippen molar-refractivity contribution < 1.29 is 56.3 Å². The fourth-order valence-corrected chi connectivity index (χ4v) is 13.9. The zero-order chi connectivity index (χ0) is 60.6. The van der Waals surface area contributed by atoms with Crippen LogP contribution in [0.25, 0.3) is 44.0 Å². The summed E-state index contributed by atoms with van der Waals surface area (Å²) in [4.78, 5) is 30.5. The van der Waals surface area contributed by atoms with Crippen LogP contribution in [-0.4, -0.2) is 153 Å². The maximum Gasteiger partial charge on any atom is 0.319 e. The molecule has 23 heteroatoms. The molecule has 3 saturated heterocycles. The SMILES string of the molecule is C#Cc1c(F)ccc2cc(O)cc(-c3ncc4c(N5C[C@H]6CC[C@@H](C5)N6)nc(OC(C)CN5CCC(OCCOc6ccc(S(=O)(=O)N(CCC)Cc7cc(C(CC(=O)O)c8cc(OC)c9c(c8)nnn9C)ccc7C)c(O)c6)CC5)nc4c3F)c12. The number of methoxy groups -OCH3 is 1. The lowest BCUT2D eigenvalue weighted by atomic mass is 9.86. The number of likely N-dealkylation sites (tertiary alicyclic amines) is 1. The number of aliphatic carboxylic acids is 1. The number of halogens is 2. The Bertz CT molecular complexity index is 4030. The molecule has 6 heterocycles. The van der Waals surface area contributed by atoms with Crippen LogP contribution in [0.1, 0.15) is 86.1 Å². The van der Waals surface area contributed by atoms with Gasteiger partial charge in [0.2, 0.25) is 10.0 Å². The van der Waals surface area contributed by atoms with E-state index in [1.165, 1.54) is 60.1 Å². The van der Waals surface area contributed by atoms with Crippen molar-refractivity contribution in [1.29, 1.82) is 0 Å². The van der Waals surface area contributed by atoms with Crippen LogP contribution in [0.3, 0.4) is 0 Å². The number of carbonyl (C=O) groups is 1. The number of aromatic hydroxyl groups is 2. The van der Waals surface area contributed by atoms with Crippen molar-refractivity contribution in [3.8, 4) is 52.6 Å². The first-order valence-corrected chi connectivity index (χ1v) is 30.3. The van der Waals surface area contributed by atoms with Crippen molar-refractivity contribution in [3.63, 3.8) is 0 Å². The van der Waals surface area contributed by atoms with Gasteiger partial charge in [-0.15, -0.1) is 11.5 Å². The third-order valence-corrected chi connectivity index (χ3v) is 18.4. The molecule has 4 atom stereocenters. The molecule has 11 rings (SSSR count). The van der Waals surface area contributed by atoms with Gasteiger partial charge in [0.15, 0.2) is 5.82 Å². The molecule has 0 spiro atoms. The highest BCUT2D eigenvalue weighted by molar-refractivity contribution is 7.89. The van der Waals surface area contributed by atoms with Gasteiger partial charge in [-0.3, -0.25) is 14.7 Å². The number of anilines is 1. The predicted molar refractivity (Wildman–Crippen MR) is 319 cm³/mol. The molecule has 0 saturated carbocycles. The number of sulfonamides is 1. The first-order valence-electron chi connectivity index (χ1n) is 28.8. The average Bonchev–Trinajstić information content (AvgIpc) is 1.61. The Balaban J connectivity index is 0.705. The lowest BCUT2D eigenvalue weighted by Crippen LogP contribution is -2.51. The van der Waals surface area contributed by atoms with Gasteiger partial charge in [0, 0.05) is 94.1 Å². The van der Waals surface area contributed by atoms with Crippen LogP contribution in [0.15, 0.2) is 83.9 Å². The fourth-order valence-electron chi connectivity index (χ4n) is 12.3. The lowest BCUT2D eigenvalue weighted by molar-refractivity contribution is -0.137. The summed E-state index contributed by atoms with van der Waals surface area (Å²) >= 11 is 0. The summed E-state index contributed by atoms with van der Waals surface area (Å²) in [6.07, 6.45) is 10.5. The number of hydrogen-bond acceptors (Lipinski definition) is 17. The molecule has 5 aromatic carbocycles. The normalized spacial score (nSPS) is 17.4. The van der Waals surface area contributed by atoms with Gasteiger partial charge in [-0.1, -0.05) is 42.3 Å². The second-order valence-electron chi connectivity index (χ2n) is 22.5. The molecule has 3 aliphatic rings. The smallest absolute Gasteiger partial charge is 0.319 e. The number of phenolic OH excluding ortho intramolecular Hbond substituents is 2. The monoisotopic (exact) mass is 1190 g/mol. The summed E-state index contributed by atoms with van der Waals surface area (Å²) in [7, 11) is -0.981. The molecule has 3 aromatic heterocycles. The van der Waals surface area contributed by atoms with Gasteiger partial charge in [-0.25, -0.2) is 21.9 Å². The number of piperazine rings is 1. The van der Waals surface area contributed by atoms with E-state index in [1.807, 2.05) is 39.0 Å². The van der Waals surface area contributed by atoms with E-state index in [-0.39, 0.29) is 101 Å². The minimum absolute atomic E-state index is 0.00489. The Morgan fingerprint density at radius 1 is 0.965 bits per heavy atom. The number of piperidine rings is 1. The maximum atomic E-state index is 17.1. The number of aromatic nitrogens is 6. The molecule has 0 radical (unpaired) electrons. The molecule has 2 bridgehead atoms. The van der Waals surface area contributed by atoms with Gasteiger partial charge >= 0.3 is 12.0 Å². The summed E-state index contributed by atoms with van der Waals surface area (Å²) < 4.78 is 88.1. The largest absolute Gasteiger partial charge is 0.508 e.